The molecule has 3 atom stereocenters. The van der Waals surface area contributed by atoms with Crippen molar-refractivity contribution in [2.45, 2.75) is 30.1 Å². The van der Waals surface area contributed by atoms with E-state index in [0.717, 1.165) is 5.56 Å². The highest BCUT2D eigenvalue weighted by Gasteiger charge is 2.38. The molecule has 2 N–H and O–H groups in total. The quantitative estimate of drug-likeness (QED) is 0.753. The second-order valence-electron chi connectivity index (χ2n) is 6.42. The fraction of sp³-hybridized carbons (Fsp3) is 0.625. The summed E-state index contributed by atoms with van der Waals surface area (Å²) in [4.78, 5) is 2.31. The van der Waals surface area contributed by atoms with Gasteiger partial charge in [0.05, 0.1) is 30.3 Å². The zero-order chi connectivity index (χ0) is 17.3. The average molecular weight is 356 g/mol. The lowest BCUT2D eigenvalue weighted by Gasteiger charge is -2.43. The fourth-order valence-electron chi connectivity index (χ4n) is 3.28. The predicted octanol–water partition coefficient (Wildman–Crippen LogP) is -0.578. The van der Waals surface area contributed by atoms with Crippen LogP contribution >= 0.6 is 0 Å². The summed E-state index contributed by atoms with van der Waals surface area (Å²) in [6.45, 7) is 4.08. The number of aliphatic hydroxyl groups excluding tert-OH is 2. The van der Waals surface area contributed by atoms with E-state index in [1.54, 1.807) is 18.2 Å². The van der Waals surface area contributed by atoms with Crippen LogP contribution in [0.5, 0.6) is 0 Å². The van der Waals surface area contributed by atoms with Gasteiger partial charge in [-0.05, 0) is 24.6 Å². The Morgan fingerprint density at radius 1 is 1.12 bits per heavy atom. The van der Waals surface area contributed by atoms with Gasteiger partial charge < -0.3 is 14.9 Å². The summed E-state index contributed by atoms with van der Waals surface area (Å²) in [5.74, 6) is 0. The standard InChI is InChI=1S/C16H24N2O5S/c1-12-3-2-4-13(9-12)24(21,22)18-7-5-17(6-8-18)14-10-23-11-15(19)16(14)20/h2-4,9,14-16,19-20H,5-8,10-11H2,1H3/t14-,15-,16+/m1/s1. The number of sulfonamides is 1. The first kappa shape index (κ1) is 17.8. The van der Waals surface area contributed by atoms with Gasteiger partial charge in [0.1, 0.15) is 6.10 Å². The number of rotatable bonds is 3. The Hall–Kier alpha value is -1.03. The minimum atomic E-state index is -3.50. The Labute approximate surface area is 142 Å². The molecule has 0 saturated carbocycles. The fourth-order valence-corrected chi connectivity index (χ4v) is 4.81. The lowest BCUT2D eigenvalue weighted by molar-refractivity contribution is -0.135. The first-order chi connectivity index (χ1) is 11.4. The van der Waals surface area contributed by atoms with Gasteiger partial charge in [0.2, 0.25) is 10.0 Å². The largest absolute Gasteiger partial charge is 0.389 e. The van der Waals surface area contributed by atoms with E-state index in [1.165, 1.54) is 4.31 Å². The molecule has 2 aliphatic rings. The highest BCUT2D eigenvalue weighted by atomic mass is 32.2. The Balaban J connectivity index is 1.66. The third kappa shape index (κ3) is 3.49. The minimum Gasteiger partial charge on any atom is -0.389 e. The summed E-state index contributed by atoms with van der Waals surface area (Å²) in [6.07, 6.45) is -1.75. The van der Waals surface area contributed by atoms with Crippen molar-refractivity contribution in [1.82, 2.24) is 9.21 Å². The molecule has 0 spiro atoms. The molecular weight excluding hydrogens is 332 g/mol. The zero-order valence-electron chi connectivity index (χ0n) is 13.7. The van der Waals surface area contributed by atoms with Gasteiger partial charge in [0, 0.05) is 26.2 Å². The summed E-state index contributed by atoms with van der Waals surface area (Å²) in [5.41, 5.74) is 0.908. The van der Waals surface area contributed by atoms with E-state index in [1.807, 2.05) is 17.9 Å². The third-order valence-corrected chi connectivity index (χ3v) is 6.63. The molecular formula is C16H24N2O5S. The number of hydrogen-bond donors (Lipinski definition) is 2. The van der Waals surface area contributed by atoms with E-state index in [0.29, 0.717) is 37.7 Å². The molecule has 3 rings (SSSR count). The molecule has 0 amide bonds. The second-order valence-corrected chi connectivity index (χ2v) is 8.36. The van der Waals surface area contributed by atoms with E-state index >= 15 is 0 Å². The van der Waals surface area contributed by atoms with Crippen molar-refractivity contribution < 1.29 is 23.4 Å². The molecule has 2 fully saturated rings. The normalized spacial score (nSPS) is 30.4. The molecule has 0 unspecified atom stereocenters. The van der Waals surface area contributed by atoms with E-state index in [4.69, 9.17) is 4.74 Å². The van der Waals surface area contributed by atoms with Crippen LogP contribution in [-0.4, -0.2) is 85.5 Å². The number of aryl methyl sites for hydroxylation is 1. The molecule has 0 bridgehead atoms. The predicted molar refractivity (Wildman–Crippen MR) is 88.1 cm³/mol. The highest BCUT2D eigenvalue weighted by molar-refractivity contribution is 7.89. The van der Waals surface area contributed by atoms with Crippen LogP contribution in [0.4, 0.5) is 0 Å². The molecule has 2 heterocycles. The van der Waals surface area contributed by atoms with Crippen molar-refractivity contribution in [3.05, 3.63) is 29.8 Å². The van der Waals surface area contributed by atoms with Crippen LogP contribution in [0, 0.1) is 6.92 Å². The minimum absolute atomic E-state index is 0.138. The summed E-state index contributed by atoms with van der Waals surface area (Å²) in [6, 6.07) is 6.61. The van der Waals surface area contributed by atoms with Crippen LogP contribution in [0.2, 0.25) is 0 Å². The lowest BCUT2D eigenvalue weighted by atomic mass is 10.0. The van der Waals surface area contributed by atoms with E-state index in [-0.39, 0.29) is 12.6 Å². The van der Waals surface area contributed by atoms with Crippen LogP contribution < -0.4 is 0 Å². The number of piperazine rings is 1. The van der Waals surface area contributed by atoms with Gasteiger partial charge in [-0.3, -0.25) is 4.90 Å². The maximum absolute atomic E-state index is 12.7. The van der Waals surface area contributed by atoms with Crippen LogP contribution in [0.3, 0.4) is 0 Å². The third-order valence-electron chi connectivity index (χ3n) is 4.74. The van der Waals surface area contributed by atoms with Gasteiger partial charge in [-0.15, -0.1) is 0 Å². The van der Waals surface area contributed by atoms with Crippen molar-refractivity contribution in [2.24, 2.45) is 0 Å². The maximum atomic E-state index is 12.7. The Kier molecular flexibility index (Phi) is 5.24. The van der Waals surface area contributed by atoms with Crippen molar-refractivity contribution in [2.75, 3.05) is 39.4 Å². The Bertz CT molecular complexity index is 673. The summed E-state index contributed by atoms with van der Waals surface area (Å²) in [5, 5.41) is 19.8. The molecule has 0 aromatic heterocycles. The molecule has 2 aliphatic heterocycles. The Morgan fingerprint density at radius 2 is 1.83 bits per heavy atom. The Morgan fingerprint density at radius 3 is 2.50 bits per heavy atom. The van der Waals surface area contributed by atoms with Crippen LogP contribution in [0.1, 0.15) is 5.56 Å². The molecule has 2 saturated heterocycles. The summed E-state index contributed by atoms with van der Waals surface area (Å²) < 4.78 is 32.3. The van der Waals surface area contributed by atoms with Crippen LogP contribution in [0.25, 0.3) is 0 Å². The molecule has 8 heteroatoms. The van der Waals surface area contributed by atoms with Gasteiger partial charge in [-0.1, -0.05) is 12.1 Å². The topological polar surface area (TPSA) is 90.3 Å². The molecule has 0 radical (unpaired) electrons. The number of benzene rings is 1. The maximum Gasteiger partial charge on any atom is 0.243 e. The van der Waals surface area contributed by atoms with Crippen molar-refractivity contribution >= 4 is 10.0 Å². The van der Waals surface area contributed by atoms with Crippen LogP contribution in [0.15, 0.2) is 29.2 Å². The first-order valence-corrected chi connectivity index (χ1v) is 9.58. The molecule has 134 valence electrons. The average Bonchev–Trinajstić information content (AvgIpc) is 2.57. The van der Waals surface area contributed by atoms with Gasteiger partial charge >= 0.3 is 0 Å². The summed E-state index contributed by atoms with van der Waals surface area (Å²) in [7, 11) is -3.50. The van der Waals surface area contributed by atoms with E-state index < -0.39 is 22.2 Å². The van der Waals surface area contributed by atoms with Gasteiger partial charge in [-0.25, -0.2) is 8.42 Å². The number of ether oxygens (including phenoxy) is 1. The zero-order valence-corrected chi connectivity index (χ0v) is 14.5. The number of aliphatic hydroxyl groups is 2. The second kappa shape index (κ2) is 7.07. The number of nitrogens with zero attached hydrogens (tertiary/aromatic N) is 2. The SMILES string of the molecule is Cc1cccc(S(=O)(=O)N2CCN([C@@H]3COC[C@@H](O)[C@H]3O)CC2)c1. The molecule has 7 nitrogen and oxygen atoms in total. The van der Waals surface area contributed by atoms with Gasteiger partial charge in [0.25, 0.3) is 0 Å². The van der Waals surface area contributed by atoms with E-state index in [2.05, 4.69) is 0 Å². The monoisotopic (exact) mass is 356 g/mol. The molecule has 1 aromatic rings. The van der Waals surface area contributed by atoms with Crippen molar-refractivity contribution in [1.29, 1.82) is 0 Å². The molecule has 24 heavy (non-hydrogen) atoms. The first-order valence-electron chi connectivity index (χ1n) is 8.14. The molecule has 1 aromatic carbocycles. The van der Waals surface area contributed by atoms with Crippen molar-refractivity contribution in [3.8, 4) is 0 Å². The molecule has 0 aliphatic carbocycles. The number of hydrogen-bond acceptors (Lipinski definition) is 6. The highest BCUT2D eigenvalue weighted by Crippen LogP contribution is 2.21. The van der Waals surface area contributed by atoms with Crippen LogP contribution in [-0.2, 0) is 14.8 Å². The van der Waals surface area contributed by atoms with Gasteiger partial charge in [-0.2, -0.15) is 4.31 Å². The van der Waals surface area contributed by atoms with Gasteiger partial charge in [0.15, 0.2) is 0 Å². The van der Waals surface area contributed by atoms with Crippen molar-refractivity contribution in [3.63, 3.8) is 0 Å². The van der Waals surface area contributed by atoms with E-state index in [9.17, 15) is 18.6 Å². The lowest BCUT2D eigenvalue weighted by Crippen LogP contribution is -2.60. The smallest absolute Gasteiger partial charge is 0.243 e. The summed E-state index contributed by atoms with van der Waals surface area (Å²) >= 11 is 0.